The number of amides is 2. The minimum Gasteiger partial charge on any atom is -0.422 e. The molecule has 0 aromatic heterocycles. The zero-order chi connectivity index (χ0) is 24.7. The van der Waals surface area contributed by atoms with Crippen LogP contribution in [0.2, 0.25) is 10.0 Å². The summed E-state index contributed by atoms with van der Waals surface area (Å²) in [7, 11) is 0. The maximum absolute atomic E-state index is 12.4. The Kier molecular flexibility index (Phi) is 7.91. The third-order valence-corrected chi connectivity index (χ3v) is 4.93. The van der Waals surface area contributed by atoms with Crippen LogP contribution in [-0.2, 0) is 9.59 Å². The van der Waals surface area contributed by atoms with Crippen LogP contribution in [0.5, 0.6) is 5.75 Å². The average Bonchev–Trinajstić information content (AvgIpc) is 2.82. The van der Waals surface area contributed by atoms with Crippen molar-refractivity contribution in [2.75, 3.05) is 5.32 Å². The molecule has 0 spiro atoms. The van der Waals surface area contributed by atoms with E-state index in [2.05, 4.69) is 15.8 Å². The van der Waals surface area contributed by atoms with Gasteiger partial charge in [0.25, 0.3) is 5.69 Å². The van der Waals surface area contributed by atoms with Crippen molar-refractivity contribution in [1.82, 2.24) is 5.43 Å². The maximum Gasteiger partial charge on any atom is 0.343 e. The zero-order valence-electron chi connectivity index (χ0n) is 17.0. The monoisotopic (exact) mass is 500 g/mol. The molecule has 0 radical (unpaired) electrons. The number of nitrogens with one attached hydrogen (secondary N) is 2. The Labute approximate surface area is 202 Å². The highest BCUT2D eigenvalue weighted by molar-refractivity contribution is 6.43. The molecule has 2 amide bonds. The summed E-state index contributed by atoms with van der Waals surface area (Å²) in [6.07, 6.45) is 1.18. The van der Waals surface area contributed by atoms with Gasteiger partial charge in [-0.3, -0.25) is 19.7 Å². The van der Waals surface area contributed by atoms with E-state index in [1.807, 2.05) is 0 Å². The number of non-ortho nitro benzene ring substituents is 1. The third kappa shape index (κ3) is 6.37. The number of carbonyl (C=O) groups excluding carboxylic acids is 3. The van der Waals surface area contributed by atoms with Gasteiger partial charge in [0.05, 0.1) is 26.7 Å². The predicted molar refractivity (Wildman–Crippen MR) is 125 cm³/mol. The SMILES string of the molecule is O=C(N/N=C/c1ccccc1OC(=O)c1ccc([N+](=O)[O-])cc1)C(=O)Nc1ccc(Cl)c(Cl)c1. The summed E-state index contributed by atoms with van der Waals surface area (Å²) in [5.41, 5.74) is 2.59. The van der Waals surface area contributed by atoms with Crippen LogP contribution in [0.1, 0.15) is 15.9 Å². The molecule has 0 bridgehead atoms. The highest BCUT2D eigenvalue weighted by Gasteiger charge is 2.15. The van der Waals surface area contributed by atoms with Crippen LogP contribution in [0.4, 0.5) is 11.4 Å². The van der Waals surface area contributed by atoms with Crippen LogP contribution >= 0.6 is 23.2 Å². The first-order valence-corrected chi connectivity index (χ1v) is 10.2. The maximum atomic E-state index is 12.4. The lowest BCUT2D eigenvalue weighted by Gasteiger charge is -2.07. The van der Waals surface area contributed by atoms with Crippen molar-refractivity contribution in [2.45, 2.75) is 0 Å². The molecule has 0 aliphatic carbocycles. The van der Waals surface area contributed by atoms with Crippen molar-refractivity contribution in [2.24, 2.45) is 5.10 Å². The van der Waals surface area contributed by atoms with Crippen LogP contribution in [-0.4, -0.2) is 28.9 Å². The van der Waals surface area contributed by atoms with Gasteiger partial charge < -0.3 is 10.1 Å². The summed E-state index contributed by atoms with van der Waals surface area (Å²) in [5.74, 6) is -2.68. The van der Waals surface area contributed by atoms with Gasteiger partial charge in [0.1, 0.15) is 5.75 Å². The van der Waals surface area contributed by atoms with Gasteiger partial charge in [-0.15, -0.1) is 0 Å². The number of nitro benzene ring substituents is 1. The van der Waals surface area contributed by atoms with E-state index in [0.717, 1.165) is 0 Å². The molecule has 12 heteroatoms. The molecule has 0 heterocycles. The van der Waals surface area contributed by atoms with Crippen LogP contribution in [0.25, 0.3) is 0 Å². The second kappa shape index (κ2) is 11.0. The minimum atomic E-state index is -1.05. The molecule has 0 aliphatic rings. The molecule has 0 saturated carbocycles. The molecule has 3 aromatic carbocycles. The van der Waals surface area contributed by atoms with Gasteiger partial charge in [0, 0.05) is 23.4 Å². The van der Waals surface area contributed by atoms with E-state index < -0.39 is 22.7 Å². The van der Waals surface area contributed by atoms with E-state index in [0.29, 0.717) is 10.6 Å². The van der Waals surface area contributed by atoms with Gasteiger partial charge in [0.2, 0.25) is 0 Å². The number of halogens is 2. The highest BCUT2D eigenvalue weighted by Crippen LogP contribution is 2.25. The smallest absolute Gasteiger partial charge is 0.343 e. The molecular formula is C22H14Cl2N4O6. The Morgan fingerprint density at radius 3 is 2.32 bits per heavy atom. The second-order valence-electron chi connectivity index (χ2n) is 6.51. The lowest BCUT2D eigenvalue weighted by atomic mass is 10.2. The number of carbonyl (C=O) groups is 3. The molecule has 0 saturated heterocycles. The lowest BCUT2D eigenvalue weighted by molar-refractivity contribution is -0.384. The summed E-state index contributed by atoms with van der Waals surface area (Å²) >= 11 is 11.7. The molecule has 2 N–H and O–H groups in total. The second-order valence-corrected chi connectivity index (χ2v) is 7.33. The predicted octanol–water partition coefficient (Wildman–Crippen LogP) is 4.21. The minimum absolute atomic E-state index is 0.101. The Balaban J connectivity index is 1.62. The number of hydrogen-bond acceptors (Lipinski definition) is 7. The number of anilines is 1. The van der Waals surface area contributed by atoms with Crippen molar-refractivity contribution in [3.05, 3.63) is 98.0 Å². The Morgan fingerprint density at radius 2 is 1.65 bits per heavy atom. The molecule has 34 heavy (non-hydrogen) atoms. The van der Waals surface area contributed by atoms with E-state index in [4.69, 9.17) is 27.9 Å². The average molecular weight is 501 g/mol. The number of esters is 1. The quantitative estimate of drug-likeness (QED) is 0.130. The molecule has 0 fully saturated rings. The van der Waals surface area contributed by atoms with E-state index in [9.17, 15) is 24.5 Å². The fraction of sp³-hybridized carbons (Fsp3) is 0. The fourth-order valence-electron chi connectivity index (χ4n) is 2.53. The normalized spacial score (nSPS) is 10.5. The van der Waals surface area contributed by atoms with E-state index in [1.54, 1.807) is 18.2 Å². The first kappa shape index (κ1) is 24.4. The summed E-state index contributed by atoms with van der Waals surface area (Å²) in [4.78, 5) is 46.5. The summed E-state index contributed by atoms with van der Waals surface area (Å²) in [6, 6.07) is 15.5. The van der Waals surface area contributed by atoms with Crippen molar-refractivity contribution >= 4 is 58.6 Å². The van der Waals surface area contributed by atoms with Gasteiger partial charge in [-0.1, -0.05) is 35.3 Å². The Hall–Kier alpha value is -4.28. The van der Waals surface area contributed by atoms with Crippen molar-refractivity contribution in [1.29, 1.82) is 0 Å². The molecule has 3 rings (SSSR count). The molecule has 172 valence electrons. The molecule has 0 aliphatic heterocycles. The third-order valence-electron chi connectivity index (χ3n) is 4.19. The molecule has 0 unspecified atom stereocenters. The number of hydrogen-bond donors (Lipinski definition) is 2. The van der Waals surface area contributed by atoms with Crippen LogP contribution in [0, 0.1) is 10.1 Å². The Morgan fingerprint density at radius 1 is 0.941 bits per heavy atom. The van der Waals surface area contributed by atoms with Gasteiger partial charge in [-0.25, -0.2) is 10.2 Å². The first-order valence-electron chi connectivity index (χ1n) is 9.39. The fourth-order valence-corrected chi connectivity index (χ4v) is 2.83. The largest absolute Gasteiger partial charge is 0.422 e. The molecule has 0 atom stereocenters. The van der Waals surface area contributed by atoms with Gasteiger partial charge >= 0.3 is 17.8 Å². The number of benzene rings is 3. The number of rotatable bonds is 6. The van der Waals surface area contributed by atoms with E-state index in [-0.39, 0.29) is 27.7 Å². The number of nitrogens with zero attached hydrogens (tertiary/aromatic N) is 2. The number of ether oxygens (including phenoxy) is 1. The van der Waals surface area contributed by atoms with Crippen LogP contribution < -0.4 is 15.5 Å². The summed E-state index contributed by atoms with van der Waals surface area (Å²) in [5, 5.41) is 17.3. The lowest BCUT2D eigenvalue weighted by Crippen LogP contribution is -2.32. The topological polar surface area (TPSA) is 140 Å². The van der Waals surface area contributed by atoms with E-state index >= 15 is 0 Å². The van der Waals surface area contributed by atoms with Crippen LogP contribution in [0.15, 0.2) is 71.8 Å². The molecule has 10 nitrogen and oxygen atoms in total. The standard InChI is InChI=1S/C22H14Cl2N4O6/c23-17-10-7-15(11-18(17)24)26-20(29)21(30)27-25-12-14-3-1-2-4-19(14)34-22(31)13-5-8-16(9-6-13)28(32)33/h1-12H,(H,26,29)(H,27,30)/b25-12+. The van der Waals surface area contributed by atoms with Crippen molar-refractivity contribution < 1.29 is 24.0 Å². The number of nitro groups is 1. The highest BCUT2D eigenvalue weighted by atomic mass is 35.5. The first-order chi connectivity index (χ1) is 16.2. The number of para-hydroxylation sites is 1. The van der Waals surface area contributed by atoms with E-state index in [1.165, 1.54) is 54.7 Å². The Bertz CT molecular complexity index is 1290. The van der Waals surface area contributed by atoms with Gasteiger partial charge in [-0.05, 0) is 42.5 Å². The molecular weight excluding hydrogens is 487 g/mol. The zero-order valence-corrected chi connectivity index (χ0v) is 18.5. The van der Waals surface area contributed by atoms with Crippen molar-refractivity contribution in [3.8, 4) is 5.75 Å². The summed E-state index contributed by atoms with van der Waals surface area (Å²) < 4.78 is 5.32. The van der Waals surface area contributed by atoms with Crippen LogP contribution in [0.3, 0.4) is 0 Å². The van der Waals surface area contributed by atoms with Crippen molar-refractivity contribution in [3.63, 3.8) is 0 Å². The van der Waals surface area contributed by atoms with Gasteiger partial charge in [-0.2, -0.15) is 5.10 Å². The van der Waals surface area contributed by atoms with Gasteiger partial charge in [0.15, 0.2) is 0 Å². The summed E-state index contributed by atoms with van der Waals surface area (Å²) in [6.45, 7) is 0. The number of hydrazone groups is 1. The molecule has 3 aromatic rings.